The van der Waals surface area contributed by atoms with Gasteiger partial charge in [0.2, 0.25) is 0 Å². The Kier molecular flexibility index (Phi) is 8.00. The molecule has 1 aromatic rings. The van der Waals surface area contributed by atoms with Crippen molar-refractivity contribution in [2.75, 3.05) is 31.2 Å². The van der Waals surface area contributed by atoms with Crippen LogP contribution in [0.15, 0.2) is 21.7 Å². The molecule has 3 rings (SSSR count). The maximum absolute atomic E-state index is 12.8. The van der Waals surface area contributed by atoms with Crippen molar-refractivity contribution in [1.82, 2.24) is 9.21 Å². The molecule has 0 aromatic carbocycles. The molecule has 0 radical (unpaired) electrons. The van der Waals surface area contributed by atoms with Crippen LogP contribution >= 0.6 is 11.3 Å². The minimum Gasteiger partial charge on any atom is -0.455 e. The zero-order chi connectivity index (χ0) is 23.5. The molecule has 3 heterocycles. The van der Waals surface area contributed by atoms with Crippen LogP contribution in [-0.2, 0) is 34.2 Å². The Bertz CT molecular complexity index is 1010. The molecule has 2 aliphatic rings. The molecule has 9 nitrogen and oxygen atoms in total. The first kappa shape index (κ1) is 25.1. The molecule has 2 saturated heterocycles. The van der Waals surface area contributed by atoms with Crippen molar-refractivity contribution in [1.29, 1.82) is 0 Å². The quantitative estimate of drug-likeness (QED) is 0.490. The zero-order valence-corrected chi connectivity index (χ0v) is 20.8. The van der Waals surface area contributed by atoms with Crippen LogP contribution in [0.1, 0.15) is 39.5 Å². The van der Waals surface area contributed by atoms with Crippen LogP contribution in [0.3, 0.4) is 0 Å². The summed E-state index contributed by atoms with van der Waals surface area (Å²) in [6.45, 7) is 3.76. The summed E-state index contributed by atoms with van der Waals surface area (Å²) in [7, 11) is -6.70. The number of carbonyl (C=O) groups is 2. The molecular formula is C20H30N2O7S3. The Balaban J connectivity index is 1.53. The van der Waals surface area contributed by atoms with E-state index in [1.807, 2.05) is 13.8 Å². The summed E-state index contributed by atoms with van der Waals surface area (Å²) in [5, 5.41) is 1.71. The Hall–Kier alpha value is -1.50. The largest absolute Gasteiger partial charge is 0.455 e. The van der Waals surface area contributed by atoms with E-state index >= 15 is 0 Å². The number of sulfonamides is 1. The van der Waals surface area contributed by atoms with Crippen LogP contribution < -0.4 is 0 Å². The second-order valence-corrected chi connectivity index (χ2v) is 13.7. The zero-order valence-electron chi connectivity index (χ0n) is 18.3. The fraction of sp³-hybridized carbons (Fsp3) is 0.700. The summed E-state index contributed by atoms with van der Waals surface area (Å²) < 4.78 is 55.9. The molecule has 0 spiro atoms. The molecule has 0 bridgehead atoms. The minimum absolute atomic E-state index is 0.0601. The van der Waals surface area contributed by atoms with Gasteiger partial charge in [-0.2, -0.15) is 4.31 Å². The lowest BCUT2D eigenvalue weighted by molar-refractivity contribution is -0.158. The number of sulfone groups is 1. The number of hydrogen-bond donors (Lipinski definition) is 0. The summed E-state index contributed by atoms with van der Waals surface area (Å²) in [6, 6.07) is 2.68. The SMILES string of the molecule is CC[C@@H](C)N(C(=O)COC(=O)C1CCN(S(=O)(=O)c2cccs2)CC1)[C@H]1CCS(=O)(=O)C1. The molecule has 2 aliphatic heterocycles. The van der Waals surface area contributed by atoms with Crippen molar-refractivity contribution in [2.24, 2.45) is 5.92 Å². The number of piperidine rings is 1. The van der Waals surface area contributed by atoms with Crippen LogP contribution in [-0.4, -0.2) is 81.2 Å². The van der Waals surface area contributed by atoms with Crippen molar-refractivity contribution < 1.29 is 31.2 Å². The number of amides is 1. The van der Waals surface area contributed by atoms with E-state index in [9.17, 15) is 26.4 Å². The van der Waals surface area contributed by atoms with Crippen molar-refractivity contribution in [2.45, 2.75) is 55.8 Å². The van der Waals surface area contributed by atoms with Gasteiger partial charge in [-0.3, -0.25) is 9.59 Å². The van der Waals surface area contributed by atoms with E-state index in [4.69, 9.17) is 4.74 Å². The summed E-state index contributed by atoms with van der Waals surface area (Å²) >= 11 is 1.16. The molecule has 0 aliphatic carbocycles. The van der Waals surface area contributed by atoms with Gasteiger partial charge < -0.3 is 9.64 Å². The summed E-state index contributed by atoms with van der Waals surface area (Å²) in [4.78, 5) is 26.9. The molecule has 0 unspecified atom stereocenters. The maximum Gasteiger partial charge on any atom is 0.309 e. The maximum atomic E-state index is 12.8. The van der Waals surface area contributed by atoms with Gasteiger partial charge in [0.15, 0.2) is 16.4 Å². The minimum atomic E-state index is -3.55. The van der Waals surface area contributed by atoms with E-state index in [1.165, 1.54) is 4.31 Å². The van der Waals surface area contributed by atoms with E-state index in [0.29, 0.717) is 25.7 Å². The topological polar surface area (TPSA) is 118 Å². The van der Waals surface area contributed by atoms with E-state index in [2.05, 4.69) is 0 Å². The second kappa shape index (κ2) is 10.2. The molecular weight excluding hydrogens is 476 g/mol. The van der Waals surface area contributed by atoms with E-state index in [0.717, 1.165) is 11.3 Å². The first-order valence-corrected chi connectivity index (χ1v) is 14.9. The van der Waals surface area contributed by atoms with Gasteiger partial charge in [-0.25, -0.2) is 16.8 Å². The highest BCUT2D eigenvalue weighted by atomic mass is 32.2. The van der Waals surface area contributed by atoms with E-state index < -0.39 is 50.3 Å². The molecule has 2 fully saturated rings. The van der Waals surface area contributed by atoms with Gasteiger partial charge in [0.1, 0.15) is 4.21 Å². The first-order valence-electron chi connectivity index (χ1n) is 10.8. The normalized spacial score (nSPS) is 23.0. The van der Waals surface area contributed by atoms with Gasteiger partial charge in [-0.05, 0) is 44.1 Å². The molecule has 32 heavy (non-hydrogen) atoms. The molecule has 0 saturated carbocycles. The average Bonchev–Trinajstić information content (AvgIpc) is 3.42. The predicted octanol–water partition coefficient (Wildman–Crippen LogP) is 1.51. The Morgan fingerprint density at radius 2 is 1.97 bits per heavy atom. The molecule has 12 heteroatoms. The number of thiophene rings is 1. The third-order valence-electron chi connectivity index (χ3n) is 6.17. The lowest BCUT2D eigenvalue weighted by Crippen LogP contribution is -2.48. The van der Waals surface area contributed by atoms with Crippen molar-refractivity contribution in [3.63, 3.8) is 0 Å². The lowest BCUT2D eigenvalue weighted by Gasteiger charge is -2.34. The van der Waals surface area contributed by atoms with Gasteiger partial charge in [0, 0.05) is 25.2 Å². The average molecular weight is 507 g/mol. The fourth-order valence-electron chi connectivity index (χ4n) is 4.20. The second-order valence-electron chi connectivity index (χ2n) is 8.33. The van der Waals surface area contributed by atoms with Crippen LogP contribution in [0.2, 0.25) is 0 Å². The van der Waals surface area contributed by atoms with Gasteiger partial charge in [-0.15, -0.1) is 11.3 Å². The number of esters is 1. The third kappa shape index (κ3) is 5.70. The fourth-order valence-corrected chi connectivity index (χ4v) is 8.52. The molecule has 2 atom stereocenters. The molecule has 0 N–H and O–H groups in total. The standard InChI is InChI=1S/C20H30N2O7S3/c1-3-15(2)22(17-8-12-31(25,26)14-17)18(23)13-29-20(24)16-6-9-21(10-7-16)32(27,28)19-5-4-11-30-19/h4-5,11,15-17H,3,6-10,12-14H2,1-2H3/t15-,17+/m1/s1. The van der Waals surface area contributed by atoms with Crippen molar-refractivity contribution in [3.05, 3.63) is 17.5 Å². The Labute approximate surface area is 193 Å². The number of hydrogen-bond acceptors (Lipinski definition) is 8. The third-order valence-corrected chi connectivity index (χ3v) is 11.2. The highest BCUT2D eigenvalue weighted by molar-refractivity contribution is 7.91. The number of nitrogens with zero attached hydrogens (tertiary/aromatic N) is 2. The Morgan fingerprint density at radius 1 is 1.28 bits per heavy atom. The highest BCUT2D eigenvalue weighted by Crippen LogP contribution is 2.27. The molecule has 180 valence electrons. The smallest absolute Gasteiger partial charge is 0.309 e. The number of ether oxygens (including phenoxy) is 1. The van der Waals surface area contributed by atoms with Gasteiger partial charge in [-0.1, -0.05) is 13.0 Å². The van der Waals surface area contributed by atoms with E-state index in [-0.39, 0.29) is 34.8 Å². The Morgan fingerprint density at radius 3 is 2.50 bits per heavy atom. The van der Waals surface area contributed by atoms with Crippen LogP contribution in [0, 0.1) is 5.92 Å². The van der Waals surface area contributed by atoms with Crippen molar-refractivity contribution >= 4 is 43.1 Å². The van der Waals surface area contributed by atoms with E-state index in [1.54, 1.807) is 22.4 Å². The first-order chi connectivity index (χ1) is 15.0. The highest BCUT2D eigenvalue weighted by Gasteiger charge is 2.38. The van der Waals surface area contributed by atoms with Gasteiger partial charge in [0.05, 0.1) is 17.4 Å². The van der Waals surface area contributed by atoms with Crippen LogP contribution in [0.5, 0.6) is 0 Å². The predicted molar refractivity (Wildman–Crippen MR) is 120 cm³/mol. The van der Waals surface area contributed by atoms with Crippen molar-refractivity contribution in [3.8, 4) is 0 Å². The monoisotopic (exact) mass is 506 g/mol. The lowest BCUT2D eigenvalue weighted by atomic mass is 9.98. The van der Waals surface area contributed by atoms with Gasteiger partial charge >= 0.3 is 5.97 Å². The molecule has 1 aromatic heterocycles. The number of carbonyl (C=O) groups excluding carboxylic acids is 2. The summed E-state index contributed by atoms with van der Waals surface area (Å²) in [5.74, 6) is -1.39. The molecule has 1 amide bonds. The number of rotatable bonds is 8. The summed E-state index contributed by atoms with van der Waals surface area (Å²) in [6.07, 6.45) is 1.71. The van der Waals surface area contributed by atoms with Crippen LogP contribution in [0.4, 0.5) is 0 Å². The van der Waals surface area contributed by atoms with Crippen LogP contribution in [0.25, 0.3) is 0 Å². The van der Waals surface area contributed by atoms with Gasteiger partial charge in [0.25, 0.3) is 15.9 Å². The summed E-state index contributed by atoms with van der Waals surface area (Å²) in [5.41, 5.74) is 0.